The van der Waals surface area contributed by atoms with Gasteiger partial charge >= 0.3 is 0 Å². The van der Waals surface area contributed by atoms with Crippen LogP contribution in [0.3, 0.4) is 0 Å². The number of pyridine rings is 1. The summed E-state index contributed by atoms with van der Waals surface area (Å²) in [4.78, 5) is 11.3. The van der Waals surface area contributed by atoms with E-state index in [9.17, 15) is 0 Å². The highest BCUT2D eigenvalue weighted by Crippen LogP contribution is 2.30. The number of likely N-dealkylation sites (tertiary alicyclic amines) is 1. The van der Waals surface area contributed by atoms with E-state index < -0.39 is 0 Å². The minimum atomic E-state index is 0.490. The molecule has 2 aromatic heterocycles. The summed E-state index contributed by atoms with van der Waals surface area (Å²) in [5, 5.41) is 0. The van der Waals surface area contributed by atoms with Crippen LogP contribution in [0.25, 0.3) is 11.4 Å². The van der Waals surface area contributed by atoms with Gasteiger partial charge in [0.25, 0.3) is 0 Å². The highest BCUT2D eigenvalue weighted by Gasteiger charge is 2.26. The SMILES string of the molecule is Cc1cnc(-c2ccccc2)n1C1CCN(Cc2ccncc2)C1. The number of imidazole rings is 1. The van der Waals surface area contributed by atoms with Crippen molar-refractivity contribution in [3.8, 4) is 11.4 Å². The minimum Gasteiger partial charge on any atom is -0.324 e. The molecule has 1 aliphatic rings. The summed E-state index contributed by atoms with van der Waals surface area (Å²) in [5.41, 5.74) is 3.76. The molecule has 1 fully saturated rings. The quantitative estimate of drug-likeness (QED) is 0.735. The molecule has 4 rings (SSSR count). The first-order valence-electron chi connectivity index (χ1n) is 8.52. The average Bonchev–Trinajstić information content (AvgIpc) is 3.23. The fraction of sp³-hybridized carbons (Fsp3) is 0.300. The van der Waals surface area contributed by atoms with Crippen molar-refractivity contribution < 1.29 is 0 Å². The Morgan fingerprint density at radius 1 is 1.08 bits per heavy atom. The second kappa shape index (κ2) is 6.57. The number of hydrogen-bond acceptors (Lipinski definition) is 3. The summed E-state index contributed by atoms with van der Waals surface area (Å²) in [6.45, 7) is 5.34. The molecule has 1 aliphatic heterocycles. The van der Waals surface area contributed by atoms with Gasteiger partial charge in [0, 0.05) is 55.5 Å². The smallest absolute Gasteiger partial charge is 0.140 e. The lowest BCUT2D eigenvalue weighted by atomic mass is 10.2. The predicted molar refractivity (Wildman–Crippen MR) is 95.6 cm³/mol. The van der Waals surface area contributed by atoms with E-state index in [1.165, 1.54) is 23.2 Å². The fourth-order valence-electron chi connectivity index (χ4n) is 3.62. The van der Waals surface area contributed by atoms with E-state index in [0.29, 0.717) is 6.04 Å². The van der Waals surface area contributed by atoms with Crippen LogP contribution in [0.2, 0.25) is 0 Å². The molecule has 0 saturated carbocycles. The molecular weight excluding hydrogens is 296 g/mol. The molecule has 24 heavy (non-hydrogen) atoms. The lowest BCUT2D eigenvalue weighted by Crippen LogP contribution is -2.21. The molecule has 1 aromatic carbocycles. The maximum atomic E-state index is 4.68. The molecule has 3 aromatic rings. The molecule has 122 valence electrons. The van der Waals surface area contributed by atoms with Gasteiger partial charge in [0.05, 0.1) is 0 Å². The Bertz CT molecular complexity index is 795. The average molecular weight is 318 g/mol. The molecule has 4 heteroatoms. The Morgan fingerprint density at radius 2 is 1.88 bits per heavy atom. The van der Waals surface area contributed by atoms with Crippen molar-refractivity contribution in [3.05, 3.63) is 72.3 Å². The zero-order valence-corrected chi connectivity index (χ0v) is 14.0. The summed E-state index contributed by atoms with van der Waals surface area (Å²) in [6.07, 6.45) is 6.91. The molecular formula is C20H22N4. The normalized spacial score (nSPS) is 18.1. The third-order valence-corrected chi connectivity index (χ3v) is 4.78. The summed E-state index contributed by atoms with van der Waals surface area (Å²) >= 11 is 0. The predicted octanol–water partition coefficient (Wildman–Crippen LogP) is 3.70. The molecule has 0 aliphatic carbocycles. The topological polar surface area (TPSA) is 34.0 Å². The van der Waals surface area contributed by atoms with Crippen LogP contribution in [0.15, 0.2) is 61.1 Å². The van der Waals surface area contributed by atoms with E-state index >= 15 is 0 Å². The van der Waals surface area contributed by atoms with Gasteiger partial charge in [0.1, 0.15) is 5.82 Å². The number of aryl methyl sites for hydroxylation is 1. The number of benzene rings is 1. The maximum Gasteiger partial charge on any atom is 0.140 e. The van der Waals surface area contributed by atoms with Crippen molar-refractivity contribution in [1.82, 2.24) is 19.4 Å². The Hall–Kier alpha value is -2.46. The molecule has 0 amide bonds. The van der Waals surface area contributed by atoms with Gasteiger partial charge in [-0.1, -0.05) is 30.3 Å². The Balaban J connectivity index is 1.54. The Labute approximate surface area is 142 Å². The van der Waals surface area contributed by atoms with E-state index in [-0.39, 0.29) is 0 Å². The van der Waals surface area contributed by atoms with Gasteiger partial charge in [-0.25, -0.2) is 4.98 Å². The van der Waals surface area contributed by atoms with E-state index in [4.69, 9.17) is 0 Å². The van der Waals surface area contributed by atoms with Crippen LogP contribution in [0, 0.1) is 6.92 Å². The van der Waals surface area contributed by atoms with Crippen molar-refractivity contribution in [1.29, 1.82) is 0 Å². The maximum absolute atomic E-state index is 4.68. The van der Waals surface area contributed by atoms with Gasteiger partial charge in [-0.05, 0) is 31.0 Å². The standard InChI is InChI=1S/C20H22N4/c1-16-13-22-20(18-5-3-2-4-6-18)24(16)19-9-12-23(15-19)14-17-7-10-21-11-8-17/h2-8,10-11,13,19H,9,12,14-15H2,1H3. The largest absolute Gasteiger partial charge is 0.324 e. The van der Waals surface area contributed by atoms with E-state index in [0.717, 1.165) is 25.5 Å². The van der Waals surface area contributed by atoms with Gasteiger partial charge in [-0.15, -0.1) is 0 Å². The number of aromatic nitrogens is 3. The monoisotopic (exact) mass is 318 g/mol. The molecule has 1 atom stereocenters. The first-order valence-corrected chi connectivity index (χ1v) is 8.52. The Morgan fingerprint density at radius 3 is 2.67 bits per heavy atom. The van der Waals surface area contributed by atoms with E-state index in [1.54, 1.807) is 0 Å². The second-order valence-electron chi connectivity index (χ2n) is 6.49. The van der Waals surface area contributed by atoms with Crippen LogP contribution in [0.1, 0.15) is 23.7 Å². The zero-order valence-electron chi connectivity index (χ0n) is 14.0. The second-order valence-corrected chi connectivity index (χ2v) is 6.49. The van der Waals surface area contributed by atoms with Gasteiger partial charge in [0.2, 0.25) is 0 Å². The molecule has 0 bridgehead atoms. The van der Waals surface area contributed by atoms with Crippen molar-refractivity contribution in [2.24, 2.45) is 0 Å². The van der Waals surface area contributed by atoms with Crippen LogP contribution in [-0.4, -0.2) is 32.5 Å². The molecule has 0 spiro atoms. The lowest BCUT2D eigenvalue weighted by Gasteiger charge is -2.19. The van der Waals surface area contributed by atoms with Crippen LogP contribution < -0.4 is 0 Å². The van der Waals surface area contributed by atoms with Gasteiger partial charge < -0.3 is 4.57 Å². The molecule has 0 N–H and O–H groups in total. The lowest BCUT2D eigenvalue weighted by molar-refractivity contribution is 0.316. The number of hydrogen-bond donors (Lipinski definition) is 0. The van der Waals surface area contributed by atoms with Crippen LogP contribution >= 0.6 is 0 Å². The van der Waals surface area contributed by atoms with E-state index in [1.807, 2.05) is 18.6 Å². The summed E-state index contributed by atoms with van der Waals surface area (Å²) in [5.74, 6) is 1.09. The first kappa shape index (κ1) is 15.1. The zero-order chi connectivity index (χ0) is 16.4. The van der Waals surface area contributed by atoms with Crippen LogP contribution in [0.5, 0.6) is 0 Å². The molecule has 3 heterocycles. The molecule has 0 radical (unpaired) electrons. The summed E-state index contributed by atoms with van der Waals surface area (Å²) in [7, 11) is 0. The van der Waals surface area contributed by atoms with Crippen molar-refractivity contribution in [3.63, 3.8) is 0 Å². The van der Waals surface area contributed by atoms with Gasteiger partial charge in [0.15, 0.2) is 0 Å². The third-order valence-electron chi connectivity index (χ3n) is 4.78. The molecule has 4 nitrogen and oxygen atoms in total. The minimum absolute atomic E-state index is 0.490. The van der Waals surface area contributed by atoms with Crippen LogP contribution in [-0.2, 0) is 6.54 Å². The summed E-state index contributed by atoms with van der Waals surface area (Å²) in [6, 6.07) is 15.2. The Kier molecular flexibility index (Phi) is 4.13. The van der Waals surface area contributed by atoms with E-state index in [2.05, 4.69) is 68.8 Å². The molecule has 1 unspecified atom stereocenters. The van der Waals surface area contributed by atoms with Crippen LogP contribution in [0.4, 0.5) is 0 Å². The number of rotatable bonds is 4. The van der Waals surface area contributed by atoms with Gasteiger partial charge in [-0.3, -0.25) is 9.88 Å². The molecule has 1 saturated heterocycles. The number of nitrogens with zero attached hydrogens (tertiary/aromatic N) is 4. The summed E-state index contributed by atoms with van der Waals surface area (Å²) < 4.78 is 2.42. The van der Waals surface area contributed by atoms with Crippen molar-refractivity contribution in [2.75, 3.05) is 13.1 Å². The van der Waals surface area contributed by atoms with Crippen molar-refractivity contribution >= 4 is 0 Å². The van der Waals surface area contributed by atoms with Crippen molar-refractivity contribution in [2.45, 2.75) is 25.9 Å². The highest BCUT2D eigenvalue weighted by molar-refractivity contribution is 5.56. The van der Waals surface area contributed by atoms with Gasteiger partial charge in [-0.2, -0.15) is 0 Å². The fourth-order valence-corrected chi connectivity index (χ4v) is 3.62. The first-order chi connectivity index (χ1) is 11.8. The third kappa shape index (κ3) is 2.97. The highest BCUT2D eigenvalue weighted by atomic mass is 15.2.